The topological polar surface area (TPSA) is 23.8 Å². The molecule has 1 atom stereocenters. The molecule has 82 valence electrons. The highest BCUT2D eigenvalue weighted by Crippen LogP contribution is 2.44. The molecule has 1 unspecified atom stereocenters. The van der Waals surface area contributed by atoms with Crippen LogP contribution in [0.4, 0.5) is 0 Å². The fraction of sp³-hybridized carbons (Fsp3) is 0.643. The highest BCUT2D eigenvalue weighted by atomic mass is 14.4. The van der Waals surface area contributed by atoms with Crippen molar-refractivity contribution in [2.75, 3.05) is 0 Å². The lowest BCUT2D eigenvalue weighted by atomic mass is 9.76. The Morgan fingerprint density at radius 3 is 2.80 bits per heavy atom. The van der Waals surface area contributed by atoms with E-state index in [1.165, 1.54) is 12.0 Å². The summed E-state index contributed by atoms with van der Waals surface area (Å²) >= 11 is 0. The van der Waals surface area contributed by atoms with Gasteiger partial charge in [0.2, 0.25) is 0 Å². The summed E-state index contributed by atoms with van der Waals surface area (Å²) in [5.41, 5.74) is 1.89. The van der Waals surface area contributed by atoms with E-state index in [2.05, 4.69) is 45.1 Å². The molecule has 1 heteroatoms. The zero-order chi connectivity index (χ0) is 11.3. The van der Waals surface area contributed by atoms with Crippen LogP contribution >= 0.6 is 0 Å². The first-order valence-corrected chi connectivity index (χ1v) is 5.78. The third-order valence-electron chi connectivity index (χ3n) is 3.76. The van der Waals surface area contributed by atoms with E-state index >= 15 is 0 Å². The molecule has 1 aliphatic rings. The summed E-state index contributed by atoms with van der Waals surface area (Å²) in [5, 5.41) is 8.40. The molecule has 0 saturated carbocycles. The van der Waals surface area contributed by atoms with Crippen molar-refractivity contribution in [2.24, 2.45) is 11.3 Å². The summed E-state index contributed by atoms with van der Waals surface area (Å²) in [5.74, 6) is 0.746. The summed E-state index contributed by atoms with van der Waals surface area (Å²) in [6, 6.07) is 2.16. The first-order valence-electron chi connectivity index (χ1n) is 5.78. The summed E-state index contributed by atoms with van der Waals surface area (Å²) in [6.07, 6.45) is 10.7. The highest BCUT2D eigenvalue weighted by Gasteiger charge is 2.33. The van der Waals surface area contributed by atoms with Crippen molar-refractivity contribution >= 4 is 0 Å². The van der Waals surface area contributed by atoms with Gasteiger partial charge in [-0.1, -0.05) is 37.6 Å². The molecule has 0 heterocycles. The second kappa shape index (κ2) is 5.16. The van der Waals surface area contributed by atoms with Gasteiger partial charge in [-0.3, -0.25) is 0 Å². The van der Waals surface area contributed by atoms with Crippen molar-refractivity contribution < 1.29 is 0 Å². The van der Waals surface area contributed by atoms with Crippen LogP contribution in [-0.2, 0) is 0 Å². The molecule has 0 amide bonds. The lowest BCUT2D eigenvalue weighted by molar-refractivity contribution is 0.294. The van der Waals surface area contributed by atoms with Crippen LogP contribution < -0.4 is 0 Å². The predicted octanol–water partition coefficient (Wildman–Crippen LogP) is 4.23. The largest absolute Gasteiger partial charge is 0.198 e. The molecule has 0 aromatic heterocycles. The minimum atomic E-state index is 0.361. The van der Waals surface area contributed by atoms with Crippen molar-refractivity contribution in [1.82, 2.24) is 0 Å². The lowest BCUT2D eigenvalue weighted by Crippen LogP contribution is -2.19. The van der Waals surface area contributed by atoms with Gasteiger partial charge in [0.15, 0.2) is 0 Å². The van der Waals surface area contributed by atoms with Crippen molar-refractivity contribution in [1.29, 1.82) is 5.26 Å². The van der Waals surface area contributed by atoms with Gasteiger partial charge in [-0.2, -0.15) is 5.26 Å². The number of unbranched alkanes of at least 4 members (excludes halogenated alkanes) is 1. The third-order valence-corrected chi connectivity index (χ3v) is 3.76. The smallest absolute Gasteiger partial charge is 0.0624 e. The van der Waals surface area contributed by atoms with Gasteiger partial charge < -0.3 is 0 Å². The molecule has 1 rings (SSSR count). The zero-order valence-electron chi connectivity index (χ0n) is 10.1. The van der Waals surface area contributed by atoms with E-state index in [4.69, 9.17) is 5.26 Å². The Labute approximate surface area is 93.5 Å². The molecule has 0 spiro atoms. The fourth-order valence-corrected chi connectivity index (χ4v) is 2.12. The van der Waals surface area contributed by atoms with Gasteiger partial charge in [0, 0.05) is 6.42 Å². The molecule has 0 saturated heterocycles. The quantitative estimate of drug-likeness (QED) is 0.495. The van der Waals surface area contributed by atoms with E-state index in [9.17, 15) is 0 Å². The summed E-state index contributed by atoms with van der Waals surface area (Å²) in [4.78, 5) is 0. The molecule has 0 radical (unpaired) electrons. The average Bonchev–Trinajstić information content (AvgIpc) is 2.44. The molecular weight excluding hydrogens is 182 g/mol. The maximum atomic E-state index is 8.40. The van der Waals surface area contributed by atoms with Gasteiger partial charge in [0.1, 0.15) is 0 Å². The Balaban J connectivity index is 2.36. The van der Waals surface area contributed by atoms with Crippen LogP contribution in [0.5, 0.6) is 0 Å². The molecule has 1 aliphatic carbocycles. The summed E-state index contributed by atoms with van der Waals surface area (Å²) < 4.78 is 0. The SMILES string of the molecule is CC1=CCC(C/C=C\CCC#N)C1(C)C. The second-order valence-corrected chi connectivity index (χ2v) is 4.95. The normalized spacial score (nSPS) is 24.1. The molecule has 0 aromatic carbocycles. The monoisotopic (exact) mass is 203 g/mol. The van der Waals surface area contributed by atoms with Crippen LogP contribution in [0.25, 0.3) is 0 Å². The Morgan fingerprint density at radius 2 is 2.27 bits per heavy atom. The van der Waals surface area contributed by atoms with Gasteiger partial charge in [-0.05, 0) is 37.5 Å². The van der Waals surface area contributed by atoms with Gasteiger partial charge in [-0.15, -0.1) is 0 Å². The molecule has 0 bridgehead atoms. The first-order chi connectivity index (χ1) is 7.09. The Hall–Kier alpha value is -1.03. The van der Waals surface area contributed by atoms with Gasteiger partial charge in [-0.25, -0.2) is 0 Å². The number of hydrogen-bond acceptors (Lipinski definition) is 1. The van der Waals surface area contributed by atoms with Crippen molar-refractivity contribution in [3.05, 3.63) is 23.8 Å². The van der Waals surface area contributed by atoms with Crippen LogP contribution in [0.15, 0.2) is 23.8 Å². The number of hydrogen-bond donors (Lipinski definition) is 0. The maximum absolute atomic E-state index is 8.40. The number of nitrogens with zero attached hydrogens (tertiary/aromatic N) is 1. The minimum absolute atomic E-state index is 0.361. The van der Waals surface area contributed by atoms with Crippen LogP contribution in [-0.4, -0.2) is 0 Å². The van der Waals surface area contributed by atoms with Crippen LogP contribution in [0, 0.1) is 22.7 Å². The van der Waals surface area contributed by atoms with Gasteiger partial charge in [0.25, 0.3) is 0 Å². The first kappa shape index (κ1) is 12.0. The molecular formula is C14H21N. The van der Waals surface area contributed by atoms with Crippen LogP contribution in [0.1, 0.15) is 46.5 Å². The highest BCUT2D eigenvalue weighted by molar-refractivity contribution is 5.18. The van der Waals surface area contributed by atoms with Gasteiger partial charge >= 0.3 is 0 Å². The maximum Gasteiger partial charge on any atom is 0.0624 e. The van der Waals surface area contributed by atoms with Crippen molar-refractivity contribution in [3.63, 3.8) is 0 Å². The molecule has 15 heavy (non-hydrogen) atoms. The van der Waals surface area contributed by atoms with E-state index in [-0.39, 0.29) is 0 Å². The van der Waals surface area contributed by atoms with Gasteiger partial charge in [0.05, 0.1) is 6.07 Å². The van der Waals surface area contributed by atoms with E-state index < -0.39 is 0 Å². The van der Waals surface area contributed by atoms with Crippen LogP contribution in [0.2, 0.25) is 0 Å². The Kier molecular flexibility index (Phi) is 4.15. The van der Waals surface area contributed by atoms with E-state index in [0.717, 1.165) is 18.8 Å². The second-order valence-electron chi connectivity index (χ2n) is 4.95. The molecule has 1 nitrogen and oxygen atoms in total. The van der Waals surface area contributed by atoms with E-state index in [1.54, 1.807) is 0 Å². The van der Waals surface area contributed by atoms with Crippen molar-refractivity contribution in [2.45, 2.75) is 46.5 Å². The number of nitriles is 1. The van der Waals surface area contributed by atoms with E-state index in [1.807, 2.05) is 0 Å². The number of rotatable bonds is 4. The predicted molar refractivity (Wildman–Crippen MR) is 64.2 cm³/mol. The summed E-state index contributed by atoms with van der Waals surface area (Å²) in [7, 11) is 0. The summed E-state index contributed by atoms with van der Waals surface area (Å²) in [6.45, 7) is 6.90. The average molecular weight is 203 g/mol. The molecule has 0 aliphatic heterocycles. The Bertz CT molecular complexity index is 302. The zero-order valence-corrected chi connectivity index (χ0v) is 10.1. The fourth-order valence-electron chi connectivity index (χ4n) is 2.12. The standard InChI is InChI=1S/C14H21N/c1-12-9-10-13(14(12,2)3)8-6-4-5-7-11-15/h4,6,9,13H,5,7-8,10H2,1-3H3/b6-4-. The molecule has 0 N–H and O–H groups in total. The number of allylic oxidation sites excluding steroid dienone is 4. The van der Waals surface area contributed by atoms with Crippen LogP contribution in [0.3, 0.4) is 0 Å². The third kappa shape index (κ3) is 2.96. The van der Waals surface area contributed by atoms with E-state index in [0.29, 0.717) is 11.8 Å². The van der Waals surface area contributed by atoms with Crippen molar-refractivity contribution in [3.8, 4) is 6.07 Å². The Morgan fingerprint density at radius 1 is 1.53 bits per heavy atom. The minimum Gasteiger partial charge on any atom is -0.198 e. The molecule has 0 fully saturated rings. The lowest BCUT2D eigenvalue weighted by Gasteiger charge is -2.28. The molecule has 0 aromatic rings.